The molecular weight excluding hydrogens is 479 g/mol. The Kier molecular flexibility index (Phi) is 7.96. The lowest BCUT2D eigenvalue weighted by Gasteiger charge is -2.11. The molecule has 8 nitrogen and oxygen atoms in total. The fraction of sp³-hybridized carbons (Fsp3) is 0.100. The number of thioether (sulfide) groups is 1. The SMILES string of the molecule is Nn1c(N/N=C/C=C/c2ccccc2)nnc1SCC(=O)Nc1ccc(Cl)c(C(F)(F)F)c1. The number of aromatic nitrogens is 3. The van der Waals surface area contributed by atoms with Crippen molar-refractivity contribution in [3.05, 3.63) is 70.8 Å². The molecule has 0 spiro atoms. The van der Waals surface area contributed by atoms with Crippen LogP contribution >= 0.6 is 23.4 Å². The summed E-state index contributed by atoms with van der Waals surface area (Å²) in [4.78, 5) is 12.1. The van der Waals surface area contributed by atoms with Crippen molar-refractivity contribution in [1.29, 1.82) is 0 Å². The van der Waals surface area contributed by atoms with E-state index < -0.39 is 22.7 Å². The summed E-state index contributed by atoms with van der Waals surface area (Å²) in [7, 11) is 0. The maximum absolute atomic E-state index is 12.9. The summed E-state index contributed by atoms with van der Waals surface area (Å²) in [6.07, 6.45) is 0.451. The van der Waals surface area contributed by atoms with E-state index >= 15 is 0 Å². The molecule has 0 fully saturated rings. The van der Waals surface area contributed by atoms with E-state index in [9.17, 15) is 18.0 Å². The van der Waals surface area contributed by atoms with Crippen LogP contribution in [-0.2, 0) is 11.0 Å². The first-order valence-electron chi connectivity index (χ1n) is 9.24. The smallest absolute Gasteiger partial charge is 0.334 e. The summed E-state index contributed by atoms with van der Waals surface area (Å²) in [6.45, 7) is 0. The van der Waals surface area contributed by atoms with Crippen LogP contribution in [0.3, 0.4) is 0 Å². The third kappa shape index (κ3) is 6.99. The van der Waals surface area contributed by atoms with Crippen LogP contribution in [0.4, 0.5) is 24.8 Å². The van der Waals surface area contributed by atoms with Crippen LogP contribution in [0.2, 0.25) is 5.02 Å². The van der Waals surface area contributed by atoms with Gasteiger partial charge in [-0.2, -0.15) is 18.3 Å². The Hall–Kier alpha value is -3.51. The van der Waals surface area contributed by atoms with Crippen molar-refractivity contribution in [3.8, 4) is 0 Å². The quantitative estimate of drug-likeness (QED) is 0.184. The molecule has 0 unspecified atom stereocenters. The third-order valence-electron chi connectivity index (χ3n) is 3.97. The van der Waals surface area contributed by atoms with Crippen LogP contribution < -0.4 is 16.6 Å². The van der Waals surface area contributed by atoms with Crippen LogP contribution in [0.1, 0.15) is 11.1 Å². The minimum atomic E-state index is -4.63. The van der Waals surface area contributed by atoms with Crippen molar-refractivity contribution < 1.29 is 18.0 Å². The molecule has 172 valence electrons. The predicted molar refractivity (Wildman–Crippen MR) is 124 cm³/mol. The Morgan fingerprint density at radius 3 is 2.70 bits per heavy atom. The summed E-state index contributed by atoms with van der Waals surface area (Å²) in [5.41, 5.74) is 2.56. The van der Waals surface area contributed by atoms with E-state index in [1.165, 1.54) is 12.3 Å². The fourth-order valence-corrected chi connectivity index (χ4v) is 3.34. The first-order chi connectivity index (χ1) is 15.7. The molecule has 0 atom stereocenters. The zero-order chi connectivity index (χ0) is 23.8. The summed E-state index contributed by atoms with van der Waals surface area (Å²) in [5.74, 6) is 5.29. The number of amides is 1. The van der Waals surface area contributed by atoms with E-state index in [1.54, 1.807) is 6.08 Å². The summed E-state index contributed by atoms with van der Waals surface area (Å²) < 4.78 is 39.9. The Bertz CT molecular complexity index is 1170. The van der Waals surface area contributed by atoms with E-state index in [1.807, 2.05) is 36.4 Å². The van der Waals surface area contributed by atoms with Crippen LogP contribution in [0.25, 0.3) is 6.08 Å². The number of carbonyl (C=O) groups is 1. The lowest BCUT2D eigenvalue weighted by Crippen LogP contribution is -2.17. The zero-order valence-corrected chi connectivity index (χ0v) is 18.3. The second-order valence-electron chi connectivity index (χ2n) is 6.37. The fourth-order valence-electron chi connectivity index (χ4n) is 2.46. The number of hydrogen-bond acceptors (Lipinski definition) is 7. The van der Waals surface area contributed by atoms with Crippen LogP contribution in [-0.4, -0.2) is 32.7 Å². The van der Waals surface area contributed by atoms with Gasteiger partial charge in [0, 0.05) is 11.9 Å². The minimum Gasteiger partial charge on any atom is -0.334 e. The highest BCUT2D eigenvalue weighted by atomic mass is 35.5. The molecule has 3 rings (SSSR count). The molecule has 0 aliphatic heterocycles. The molecule has 0 saturated carbocycles. The molecule has 1 heterocycles. The third-order valence-corrected chi connectivity index (χ3v) is 5.24. The van der Waals surface area contributed by atoms with Gasteiger partial charge < -0.3 is 11.2 Å². The molecule has 2 aromatic carbocycles. The maximum atomic E-state index is 12.9. The van der Waals surface area contributed by atoms with Crippen molar-refractivity contribution in [3.63, 3.8) is 0 Å². The number of alkyl halides is 3. The molecule has 0 saturated heterocycles. The number of hydrogen-bond donors (Lipinski definition) is 3. The number of nitrogen functional groups attached to an aromatic ring is 1. The van der Waals surface area contributed by atoms with Gasteiger partial charge in [0.05, 0.1) is 16.3 Å². The molecule has 33 heavy (non-hydrogen) atoms. The van der Waals surface area contributed by atoms with Gasteiger partial charge in [0.2, 0.25) is 11.1 Å². The number of rotatable bonds is 8. The number of anilines is 2. The van der Waals surface area contributed by atoms with E-state index in [-0.39, 0.29) is 22.5 Å². The normalized spacial score (nSPS) is 11.9. The first-order valence-corrected chi connectivity index (χ1v) is 10.6. The van der Waals surface area contributed by atoms with Gasteiger partial charge in [0.25, 0.3) is 5.95 Å². The number of halogens is 4. The monoisotopic (exact) mass is 495 g/mol. The zero-order valence-electron chi connectivity index (χ0n) is 16.8. The van der Waals surface area contributed by atoms with E-state index in [0.29, 0.717) is 0 Å². The number of nitrogens with zero attached hydrogens (tertiary/aromatic N) is 4. The average molecular weight is 496 g/mol. The van der Waals surface area contributed by atoms with Crippen molar-refractivity contribution in [1.82, 2.24) is 14.9 Å². The van der Waals surface area contributed by atoms with Crippen molar-refractivity contribution in [2.24, 2.45) is 5.10 Å². The van der Waals surface area contributed by atoms with E-state index in [4.69, 9.17) is 17.4 Å². The minimum absolute atomic E-state index is 0.0354. The second-order valence-corrected chi connectivity index (χ2v) is 7.71. The predicted octanol–water partition coefficient (Wildman–Crippen LogP) is 4.51. The molecule has 3 aromatic rings. The van der Waals surface area contributed by atoms with Crippen LogP contribution in [0.5, 0.6) is 0 Å². The number of carbonyl (C=O) groups excluding carboxylic acids is 1. The van der Waals surface area contributed by atoms with Gasteiger partial charge in [-0.3, -0.25) is 4.79 Å². The Morgan fingerprint density at radius 1 is 1.21 bits per heavy atom. The Morgan fingerprint density at radius 2 is 1.97 bits per heavy atom. The highest BCUT2D eigenvalue weighted by Gasteiger charge is 2.33. The molecule has 0 bridgehead atoms. The van der Waals surface area contributed by atoms with Gasteiger partial charge in [-0.1, -0.05) is 59.8 Å². The number of nitrogens with two attached hydrogens (primary N) is 1. The van der Waals surface area contributed by atoms with Crippen molar-refractivity contribution in [2.75, 3.05) is 22.3 Å². The highest BCUT2D eigenvalue weighted by Crippen LogP contribution is 2.36. The largest absolute Gasteiger partial charge is 0.417 e. The Labute approximate surface area is 195 Å². The topological polar surface area (TPSA) is 110 Å². The van der Waals surface area contributed by atoms with Crippen molar-refractivity contribution in [2.45, 2.75) is 11.3 Å². The number of hydrazone groups is 1. The van der Waals surface area contributed by atoms with Crippen LogP contribution in [0, 0.1) is 0 Å². The number of nitrogens with one attached hydrogen (secondary N) is 2. The lowest BCUT2D eigenvalue weighted by atomic mass is 10.2. The average Bonchev–Trinajstić information content (AvgIpc) is 3.13. The van der Waals surface area contributed by atoms with Gasteiger partial charge >= 0.3 is 6.18 Å². The highest BCUT2D eigenvalue weighted by molar-refractivity contribution is 7.99. The number of allylic oxidation sites excluding steroid dienone is 1. The lowest BCUT2D eigenvalue weighted by molar-refractivity contribution is -0.137. The standard InChI is InChI=1S/C20H17ClF3N7OS/c21-16-9-8-14(11-15(16)20(22,23)24)27-17(32)12-33-19-30-29-18(31(19)25)28-26-10-4-7-13-5-2-1-3-6-13/h1-11H,12,25H2,(H,27,32)(H,28,29)/b7-4+,26-10+. The van der Waals surface area contributed by atoms with Gasteiger partial charge in [-0.05, 0) is 29.8 Å². The van der Waals surface area contributed by atoms with E-state index in [0.717, 1.165) is 34.1 Å². The second kappa shape index (κ2) is 10.9. The Balaban J connectivity index is 1.51. The molecule has 1 aromatic heterocycles. The van der Waals surface area contributed by atoms with Gasteiger partial charge in [-0.15, -0.1) is 10.2 Å². The summed E-state index contributed by atoms with van der Waals surface area (Å²) in [6, 6.07) is 12.7. The van der Waals surface area contributed by atoms with Crippen molar-refractivity contribution >= 4 is 53.2 Å². The first kappa shape index (κ1) is 24.1. The molecular formula is C20H17ClF3N7OS. The molecule has 1 amide bonds. The molecule has 0 aliphatic carbocycles. The number of benzene rings is 2. The van der Waals surface area contributed by atoms with Crippen LogP contribution in [0.15, 0.2) is 64.9 Å². The summed E-state index contributed by atoms with van der Waals surface area (Å²) >= 11 is 6.52. The maximum Gasteiger partial charge on any atom is 0.417 e. The van der Waals surface area contributed by atoms with Gasteiger partial charge in [0.1, 0.15) is 0 Å². The molecule has 4 N–H and O–H groups in total. The summed E-state index contributed by atoms with van der Waals surface area (Å²) in [5, 5.41) is 13.8. The van der Waals surface area contributed by atoms with E-state index in [2.05, 4.69) is 26.0 Å². The molecule has 0 radical (unpaired) electrons. The molecule has 0 aliphatic rings. The van der Waals surface area contributed by atoms with Gasteiger partial charge in [0.15, 0.2) is 0 Å². The molecule has 13 heteroatoms. The van der Waals surface area contributed by atoms with Gasteiger partial charge in [-0.25, -0.2) is 10.1 Å².